The molecule has 6 heteroatoms. The molecule has 0 radical (unpaired) electrons. The average Bonchev–Trinajstić information content (AvgIpc) is 3.31. The highest BCUT2D eigenvalue weighted by molar-refractivity contribution is 7.17. The largest absolute Gasteiger partial charge is 0.382 e. The lowest BCUT2D eigenvalue weighted by molar-refractivity contribution is 0.100. The molecule has 0 bridgehead atoms. The van der Waals surface area contributed by atoms with Crippen LogP contribution in [0.3, 0.4) is 0 Å². The number of aryl methyl sites for hydroxylation is 2. The molecule has 2 aromatic heterocycles. The summed E-state index contributed by atoms with van der Waals surface area (Å²) in [4.78, 5) is 24.1. The van der Waals surface area contributed by atoms with E-state index in [-0.39, 0.29) is 11.7 Å². The number of hydrogen-bond acceptors (Lipinski definition) is 3. The highest BCUT2D eigenvalue weighted by atomic mass is 32.1. The Morgan fingerprint density at radius 2 is 1.69 bits per heavy atom. The number of aliphatic imine (C=N–C) groups is 1. The zero-order chi connectivity index (χ0) is 19.8. The number of fused-ring (bicyclic) bond motifs is 3. The van der Waals surface area contributed by atoms with Gasteiger partial charge in [-0.3, -0.25) is 9.20 Å². The summed E-state index contributed by atoms with van der Waals surface area (Å²) in [6.45, 7) is 0. The number of carbonyl (C=O) groups is 1. The molecule has 2 heterocycles. The fourth-order valence-electron chi connectivity index (χ4n) is 3.88. The van der Waals surface area contributed by atoms with Crippen LogP contribution in [0.15, 0.2) is 65.7 Å². The monoisotopic (exact) mass is 400 g/mol. The third-order valence-electron chi connectivity index (χ3n) is 5.25. The maximum atomic E-state index is 12.7. The molecule has 1 aliphatic rings. The summed E-state index contributed by atoms with van der Waals surface area (Å²) in [6, 6.07) is 18.9. The Morgan fingerprint density at radius 1 is 1.00 bits per heavy atom. The fourth-order valence-corrected chi connectivity index (χ4v) is 5.09. The Kier molecular flexibility index (Phi) is 4.48. The van der Waals surface area contributed by atoms with Gasteiger partial charge in [0.1, 0.15) is 11.4 Å². The van der Waals surface area contributed by atoms with E-state index in [9.17, 15) is 4.79 Å². The number of carbonyl (C=O) groups excluding carboxylic acids is 1. The third-order valence-corrected chi connectivity index (χ3v) is 6.40. The molecule has 0 spiro atoms. The van der Waals surface area contributed by atoms with Crippen LogP contribution in [0, 0.1) is 0 Å². The molecule has 0 fully saturated rings. The van der Waals surface area contributed by atoms with Gasteiger partial charge in [0.05, 0.1) is 0 Å². The maximum Gasteiger partial charge on any atom is 0.278 e. The van der Waals surface area contributed by atoms with Crippen LogP contribution >= 0.6 is 11.3 Å². The predicted octanol–water partition coefficient (Wildman–Crippen LogP) is 4.49. The topological polar surface area (TPSA) is 72.8 Å². The average molecular weight is 401 g/mol. The van der Waals surface area contributed by atoms with E-state index in [1.807, 2.05) is 48.5 Å². The Balaban J connectivity index is 1.70. The number of nitrogens with zero attached hydrogens (tertiary/aromatic N) is 3. The van der Waals surface area contributed by atoms with Crippen molar-refractivity contribution in [3.05, 3.63) is 82.5 Å². The van der Waals surface area contributed by atoms with E-state index in [2.05, 4.69) is 9.39 Å². The van der Waals surface area contributed by atoms with E-state index in [0.29, 0.717) is 5.56 Å². The van der Waals surface area contributed by atoms with Gasteiger partial charge >= 0.3 is 0 Å². The number of imidazole rings is 1. The van der Waals surface area contributed by atoms with E-state index < -0.39 is 0 Å². The minimum absolute atomic E-state index is 0.205. The van der Waals surface area contributed by atoms with Crippen LogP contribution < -0.4 is 5.73 Å². The van der Waals surface area contributed by atoms with Gasteiger partial charge in [-0.05, 0) is 37.8 Å². The summed E-state index contributed by atoms with van der Waals surface area (Å²) < 4.78 is 2.12. The van der Waals surface area contributed by atoms with Gasteiger partial charge in [-0.2, -0.15) is 4.99 Å². The van der Waals surface area contributed by atoms with Gasteiger partial charge in [-0.1, -0.05) is 48.5 Å². The summed E-state index contributed by atoms with van der Waals surface area (Å²) in [7, 11) is 0. The van der Waals surface area contributed by atoms with Crippen molar-refractivity contribution in [1.29, 1.82) is 0 Å². The third kappa shape index (κ3) is 3.15. The number of amidine groups is 1. The van der Waals surface area contributed by atoms with Crippen molar-refractivity contribution in [1.82, 2.24) is 9.38 Å². The standard InChI is InChI=1S/C23H20N4OS/c24-21(26-22(28)16-11-5-2-6-12-16)20-19(15-9-3-1-4-10-15)25-23-27(20)17-13-7-8-14-18(17)29-23/h1-6,9-12H,7-8,13-14H2,(H2,24,26,28). The van der Waals surface area contributed by atoms with Gasteiger partial charge in [0.25, 0.3) is 5.91 Å². The van der Waals surface area contributed by atoms with Gasteiger partial charge in [0.15, 0.2) is 10.8 Å². The molecule has 0 unspecified atom stereocenters. The molecule has 1 aliphatic carbocycles. The molecule has 2 N–H and O–H groups in total. The molecule has 0 saturated heterocycles. The number of amides is 1. The van der Waals surface area contributed by atoms with Crippen LogP contribution in [-0.2, 0) is 12.8 Å². The zero-order valence-corrected chi connectivity index (χ0v) is 16.7. The molecule has 2 aromatic carbocycles. The smallest absolute Gasteiger partial charge is 0.278 e. The Hall–Kier alpha value is -3.25. The highest BCUT2D eigenvalue weighted by Gasteiger charge is 2.25. The summed E-state index contributed by atoms with van der Waals surface area (Å²) in [5.41, 5.74) is 10.7. The van der Waals surface area contributed by atoms with Crippen LogP contribution in [0.2, 0.25) is 0 Å². The van der Waals surface area contributed by atoms with Crippen LogP contribution in [-0.4, -0.2) is 21.1 Å². The minimum atomic E-state index is -0.346. The van der Waals surface area contributed by atoms with Crippen LogP contribution in [0.1, 0.15) is 39.5 Å². The number of benzene rings is 2. The summed E-state index contributed by atoms with van der Waals surface area (Å²) in [6.07, 6.45) is 4.42. The Morgan fingerprint density at radius 3 is 2.45 bits per heavy atom. The van der Waals surface area contributed by atoms with Crippen LogP contribution in [0.5, 0.6) is 0 Å². The normalized spacial score (nSPS) is 14.1. The first-order valence-corrected chi connectivity index (χ1v) is 10.6. The highest BCUT2D eigenvalue weighted by Crippen LogP contribution is 2.35. The molecule has 5 nitrogen and oxygen atoms in total. The first-order valence-electron chi connectivity index (χ1n) is 9.74. The second kappa shape index (κ2) is 7.29. The molecular weight excluding hydrogens is 380 g/mol. The van der Waals surface area contributed by atoms with Gasteiger partial charge in [-0.25, -0.2) is 4.98 Å². The number of rotatable bonds is 3. The molecule has 0 saturated carbocycles. The quantitative estimate of drug-likeness (QED) is 0.407. The lowest BCUT2D eigenvalue weighted by Crippen LogP contribution is -2.20. The van der Waals surface area contributed by atoms with Gasteiger partial charge in [0, 0.05) is 21.7 Å². The molecule has 0 atom stereocenters. The van der Waals surface area contributed by atoms with Crippen molar-refractivity contribution in [3.63, 3.8) is 0 Å². The van der Waals surface area contributed by atoms with Crippen molar-refractivity contribution in [2.75, 3.05) is 0 Å². The summed E-state index contributed by atoms with van der Waals surface area (Å²) in [5, 5.41) is 0. The van der Waals surface area contributed by atoms with Crippen molar-refractivity contribution < 1.29 is 4.79 Å². The van der Waals surface area contributed by atoms with E-state index >= 15 is 0 Å². The number of hydrogen-bond donors (Lipinski definition) is 1. The van der Waals surface area contributed by atoms with Crippen molar-refractivity contribution >= 4 is 28.0 Å². The van der Waals surface area contributed by atoms with Crippen molar-refractivity contribution in [2.24, 2.45) is 10.7 Å². The number of nitrogens with two attached hydrogens (primary N) is 1. The maximum absolute atomic E-state index is 12.7. The summed E-state index contributed by atoms with van der Waals surface area (Å²) >= 11 is 1.72. The molecule has 0 aliphatic heterocycles. The van der Waals surface area contributed by atoms with Gasteiger partial charge in [0.2, 0.25) is 0 Å². The molecular formula is C23H20N4OS. The van der Waals surface area contributed by atoms with Crippen molar-refractivity contribution in [2.45, 2.75) is 25.7 Å². The summed E-state index contributed by atoms with van der Waals surface area (Å²) in [5.74, 6) is -0.141. The van der Waals surface area contributed by atoms with Crippen LogP contribution in [0.4, 0.5) is 0 Å². The van der Waals surface area contributed by atoms with E-state index in [4.69, 9.17) is 10.7 Å². The fraction of sp³-hybridized carbons (Fsp3) is 0.174. The Bertz CT molecular complexity index is 1220. The number of aromatic nitrogens is 2. The van der Waals surface area contributed by atoms with Gasteiger partial charge in [-0.15, -0.1) is 11.3 Å². The first kappa shape index (κ1) is 17.8. The lowest BCUT2D eigenvalue weighted by Gasteiger charge is -2.12. The van der Waals surface area contributed by atoms with Crippen molar-refractivity contribution in [3.8, 4) is 11.3 Å². The molecule has 1 amide bonds. The Labute approximate surface area is 172 Å². The predicted molar refractivity (Wildman–Crippen MR) is 117 cm³/mol. The SMILES string of the molecule is NC(=NC(=O)c1ccccc1)c1c(-c2ccccc2)nc2sc3c(n12)CCCC3. The molecule has 29 heavy (non-hydrogen) atoms. The molecule has 144 valence electrons. The first-order chi connectivity index (χ1) is 14.2. The zero-order valence-electron chi connectivity index (χ0n) is 15.8. The molecule has 4 aromatic rings. The van der Waals surface area contributed by atoms with E-state index in [1.54, 1.807) is 23.5 Å². The number of thiazole rings is 1. The van der Waals surface area contributed by atoms with Gasteiger partial charge < -0.3 is 5.73 Å². The second-order valence-corrected chi connectivity index (χ2v) is 8.20. The molecule has 5 rings (SSSR count). The van der Waals surface area contributed by atoms with E-state index in [1.165, 1.54) is 17.0 Å². The second-order valence-electron chi connectivity index (χ2n) is 7.14. The van der Waals surface area contributed by atoms with E-state index in [0.717, 1.165) is 41.2 Å². The lowest BCUT2D eigenvalue weighted by atomic mass is 10.0. The van der Waals surface area contributed by atoms with Crippen LogP contribution in [0.25, 0.3) is 16.2 Å². The minimum Gasteiger partial charge on any atom is -0.382 e.